The summed E-state index contributed by atoms with van der Waals surface area (Å²) in [5.41, 5.74) is 1.01. The van der Waals surface area contributed by atoms with Gasteiger partial charge >= 0.3 is 0 Å². The first-order chi connectivity index (χ1) is 11.5. The van der Waals surface area contributed by atoms with E-state index in [-0.39, 0.29) is 16.7 Å². The van der Waals surface area contributed by atoms with E-state index in [1.54, 1.807) is 31.3 Å². The number of rotatable bonds is 4. The van der Waals surface area contributed by atoms with E-state index in [0.29, 0.717) is 24.5 Å². The molecule has 0 saturated heterocycles. The Morgan fingerprint density at radius 3 is 2.17 bits per heavy atom. The molecule has 6 nitrogen and oxygen atoms in total. The summed E-state index contributed by atoms with van der Waals surface area (Å²) >= 11 is 0. The van der Waals surface area contributed by atoms with Crippen LogP contribution >= 0.6 is 0 Å². The van der Waals surface area contributed by atoms with E-state index in [0.717, 1.165) is 4.90 Å². The molecule has 0 N–H and O–H groups in total. The van der Waals surface area contributed by atoms with Gasteiger partial charge < -0.3 is 9.47 Å². The second-order valence-corrected chi connectivity index (χ2v) is 5.64. The first kappa shape index (κ1) is 16.0. The van der Waals surface area contributed by atoms with Gasteiger partial charge in [-0.15, -0.1) is 0 Å². The molecule has 2 amide bonds. The summed E-state index contributed by atoms with van der Waals surface area (Å²) in [6.45, 7) is 4.99. The highest BCUT2D eigenvalue weighted by atomic mass is 16.2. The van der Waals surface area contributed by atoms with Crippen LogP contribution in [0, 0.1) is 0 Å². The van der Waals surface area contributed by atoms with Crippen molar-refractivity contribution in [2.45, 2.75) is 13.8 Å². The number of nitrogens with zero attached hydrogens (tertiary/aromatic N) is 3. The van der Waals surface area contributed by atoms with Crippen LogP contribution in [0.1, 0.15) is 34.6 Å². The van der Waals surface area contributed by atoms with E-state index in [1.165, 1.54) is 10.8 Å². The van der Waals surface area contributed by atoms with Gasteiger partial charge in [-0.2, -0.15) is 0 Å². The lowest BCUT2D eigenvalue weighted by Crippen LogP contribution is -2.34. The quantitative estimate of drug-likeness (QED) is 0.807. The van der Waals surface area contributed by atoms with Crippen LogP contribution in [0.5, 0.6) is 0 Å². The second-order valence-electron chi connectivity index (χ2n) is 5.64. The predicted molar refractivity (Wildman–Crippen MR) is 92.8 cm³/mol. The van der Waals surface area contributed by atoms with E-state index in [1.807, 2.05) is 24.8 Å². The Morgan fingerprint density at radius 2 is 1.58 bits per heavy atom. The minimum Gasteiger partial charge on any atom is -0.367 e. The maximum atomic E-state index is 13.0. The fourth-order valence-corrected chi connectivity index (χ4v) is 3.07. The van der Waals surface area contributed by atoms with Gasteiger partial charge in [0.2, 0.25) is 0 Å². The first-order valence-electron chi connectivity index (χ1n) is 7.93. The third-order valence-electron chi connectivity index (χ3n) is 4.30. The van der Waals surface area contributed by atoms with Crippen molar-refractivity contribution in [2.24, 2.45) is 7.05 Å². The number of carbonyl (C=O) groups is 2. The minimum absolute atomic E-state index is 0.204. The van der Waals surface area contributed by atoms with E-state index in [2.05, 4.69) is 0 Å². The lowest BCUT2D eigenvalue weighted by Gasteiger charge is -2.22. The number of aromatic nitrogens is 1. The summed E-state index contributed by atoms with van der Waals surface area (Å²) in [4.78, 5) is 41.3. The number of anilines is 2. The SMILES string of the molecule is CCN(CC)c1c2c(cn(C)c1=O)C(=O)N(c1ccccc1)C2=O. The van der Waals surface area contributed by atoms with Crippen LogP contribution in [0.4, 0.5) is 11.4 Å². The molecule has 0 bridgehead atoms. The molecule has 124 valence electrons. The maximum absolute atomic E-state index is 13.0. The highest BCUT2D eigenvalue weighted by molar-refractivity contribution is 6.35. The highest BCUT2D eigenvalue weighted by Gasteiger charge is 2.41. The topological polar surface area (TPSA) is 62.6 Å². The number of benzene rings is 1. The van der Waals surface area contributed by atoms with Gasteiger partial charge in [0.25, 0.3) is 17.4 Å². The van der Waals surface area contributed by atoms with Crippen molar-refractivity contribution < 1.29 is 9.59 Å². The summed E-state index contributed by atoms with van der Waals surface area (Å²) in [5, 5.41) is 0. The standard InChI is InChI=1S/C18H19N3O3/c1-4-20(5-2)15-14-13(11-19(3)18(15)24)16(22)21(17(14)23)12-9-7-6-8-10-12/h6-11H,4-5H2,1-3H3. The smallest absolute Gasteiger partial charge is 0.274 e. The summed E-state index contributed by atoms with van der Waals surface area (Å²) < 4.78 is 1.37. The zero-order valence-electron chi connectivity index (χ0n) is 13.9. The van der Waals surface area contributed by atoms with Crippen molar-refractivity contribution in [1.29, 1.82) is 0 Å². The van der Waals surface area contributed by atoms with Gasteiger partial charge in [-0.05, 0) is 26.0 Å². The van der Waals surface area contributed by atoms with Crippen LogP contribution in [-0.2, 0) is 7.05 Å². The Kier molecular flexibility index (Phi) is 3.97. The molecule has 0 atom stereocenters. The van der Waals surface area contributed by atoms with E-state index in [9.17, 15) is 14.4 Å². The Labute approximate surface area is 139 Å². The maximum Gasteiger partial charge on any atom is 0.274 e. The van der Waals surface area contributed by atoms with Crippen molar-refractivity contribution in [2.75, 3.05) is 22.9 Å². The van der Waals surface area contributed by atoms with Crippen molar-refractivity contribution >= 4 is 23.2 Å². The van der Waals surface area contributed by atoms with Gasteiger partial charge in [0.15, 0.2) is 0 Å². The highest BCUT2D eigenvalue weighted by Crippen LogP contribution is 2.32. The van der Waals surface area contributed by atoms with E-state index >= 15 is 0 Å². The van der Waals surface area contributed by atoms with Gasteiger partial charge in [0.05, 0.1) is 16.8 Å². The number of aryl methyl sites for hydroxylation is 1. The fraction of sp³-hybridized carbons (Fsp3) is 0.278. The number of imide groups is 1. The van der Waals surface area contributed by atoms with Crippen LogP contribution in [0.2, 0.25) is 0 Å². The molecule has 1 aliphatic heterocycles. The molecular weight excluding hydrogens is 306 g/mol. The average Bonchev–Trinajstić information content (AvgIpc) is 2.83. The Hall–Kier alpha value is -2.89. The van der Waals surface area contributed by atoms with Gasteiger partial charge in [-0.1, -0.05) is 18.2 Å². The lowest BCUT2D eigenvalue weighted by atomic mass is 10.1. The van der Waals surface area contributed by atoms with Gasteiger partial charge in [0.1, 0.15) is 5.69 Å². The Bertz CT molecular complexity index is 867. The van der Waals surface area contributed by atoms with Crippen LogP contribution in [0.3, 0.4) is 0 Å². The largest absolute Gasteiger partial charge is 0.367 e. The molecule has 0 radical (unpaired) electrons. The zero-order chi connectivity index (χ0) is 17.4. The molecule has 6 heteroatoms. The van der Waals surface area contributed by atoms with Crippen LogP contribution in [0.25, 0.3) is 0 Å². The number of fused-ring (bicyclic) bond motifs is 1. The number of hydrogen-bond acceptors (Lipinski definition) is 4. The predicted octanol–water partition coefficient (Wildman–Crippen LogP) is 2.03. The molecule has 0 aliphatic carbocycles. The molecule has 1 aliphatic rings. The number of amides is 2. The monoisotopic (exact) mass is 325 g/mol. The zero-order valence-corrected chi connectivity index (χ0v) is 13.9. The molecular formula is C18H19N3O3. The second kappa shape index (κ2) is 5.96. The Balaban J connectivity index is 2.25. The van der Waals surface area contributed by atoms with Crippen LogP contribution < -0.4 is 15.4 Å². The third kappa shape index (κ3) is 2.22. The summed E-state index contributed by atoms with van der Waals surface area (Å²) in [5.74, 6) is -0.842. The Morgan fingerprint density at radius 1 is 0.958 bits per heavy atom. The summed E-state index contributed by atoms with van der Waals surface area (Å²) in [6, 6.07) is 8.76. The van der Waals surface area contributed by atoms with Crippen molar-refractivity contribution in [1.82, 2.24) is 4.57 Å². The molecule has 3 rings (SSSR count). The van der Waals surface area contributed by atoms with E-state index < -0.39 is 11.8 Å². The molecule has 24 heavy (non-hydrogen) atoms. The van der Waals surface area contributed by atoms with Crippen LogP contribution in [-0.4, -0.2) is 29.5 Å². The van der Waals surface area contributed by atoms with Crippen molar-refractivity contribution in [3.8, 4) is 0 Å². The molecule has 1 aromatic heterocycles. The molecule has 2 heterocycles. The molecule has 0 saturated carbocycles. The van der Waals surface area contributed by atoms with Gasteiger partial charge in [-0.25, -0.2) is 4.90 Å². The van der Waals surface area contributed by atoms with Crippen molar-refractivity contribution in [3.05, 3.63) is 58.0 Å². The summed E-state index contributed by atoms with van der Waals surface area (Å²) in [7, 11) is 1.60. The molecule has 1 aromatic carbocycles. The number of carbonyl (C=O) groups excluding carboxylic acids is 2. The average molecular weight is 325 g/mol. The van der Waals surface area contributed by atoms with E-state index in [4.69, 9.17) is 0 Å². The normalized spacial score (nSPS) is 13.4. The molecule has 2 aromatic rings. The first-order valence-corrected chi connectivity index (χ1v) is 7.93. The minimum atomic E-state index is -0.444. The number of pyridine rings is 1. The molecule has 0 unspecified atom stereocenters. The fourth-order valence-electron chi connectivity index (χ4n) is 3.07. The summed E-state index contributed by atoms with van der Waals surface area (Å²) in [6.07, 6.45) is 1.45. The van der Waals surface area contributed by atoms with Crippen LogP contribution in [0.15, 0.2) is 41.3 Å². The third-order valence-corrected chi connectivity index (χ3v) is 4.30. The lowest BCUT2D eigenvalue weighted by molar-refractivity contribution is 0.0926. The number of hydrogen-bond donors (Lipinski definition) is 0. The molecule has 0 spiro atoms. The molecule has 0 fully saturated rings. The number of para-hydroxylation sites is 1. The van der Waals surface area contributed by atoms with Gasteiger partial charge in [0, 0.05) is 26.3 Å². The van der Waals surface area contributed by atoms with Gasteiger partial charge in [-0.3, -0.25) is 14.4 Å². The van der Waals surface area contributed by atoms with Crippen molar-refractivity contribution in [3.63, 3.8) is 0 Å².